The smallest absolute Gasteiger partial charge is 0.394 e. The molecule has 1 fully saturated rings. The summed E-state index contributed by atoms with van der Waals surface area (Å²) in [6, 6.07) is -0.916. The molecule has 2 aromatic heterocycles. The van der Waals surface area contributed by atoms with Crippen LogP contribution >= 0.6 is 23.5 Å². The first-order valence-electron chi connectivity index (χ1n) is 8.43. The number of nitrogen functional groups attached to an aromatic ring is 1. The molecule has 2 aromatic rings. The number of aromatic nitrogens is 4. The number of nitrogens with two attached hydrogens (primary N) is 1. The number of hydrogen-bond donors (Lipinski definition) is 12. The molecule has 13 N–H and O–H groups in total. The van der Waals surface area contributed by atoms with Crippen molar-refractivity contribution in [3.8, 4) is 0 Å². The maximum absolute atomic E-state index is 10.0. The van der Waals surface area contributed by atoms with Gasteiger partial charge in [-0.25, -0.2) is 28.6 Å². The van der Waals surface area contributed by atoms with Gasteiger partial charge in [0.15, 0.2) is 11.5 Å². The zero-order valence-corrected chi connectivity index (χ0v) is 20.0. The molecule has 3 rings (SSSR count). The second-order valence-corrected chi connectivity index (χ2v) is 9.14. The third-order valence-electron chi connectivity index (χ3n) is 3.36. The summed E-state index contributed by atoms with van der Waals surface area (Å²) in [7, 11) is -13.9. The molecular formula is C10H21N8O15P3. The Labute approximate surface area is 198 Å². The average molecular weight is 586 g/mol. The van der Waals surface area contributed by atoms with E-state index in [4.69, 9.17) is 73.7 Å². The highest BCUT2D eigenvalue weighted by Gasteiger charge is 2.44. The number of anilines is 1. The van der Waals surface area contributed by atoms with Gasteiger partial charge < -0.3 is 64.7 Å². The average Bonchev–Trinajstić information content (AvgIpc) is 3.21. The maximum atomic E-state index is 10.0. The Morgan fingerprint density at radius 3 is 1.89 bits per heavy atom. The first kappa shape index (κ1) is 33.9. The minimum atomic E-state index is -4.64. The minimum Gasteiger partial charge on any atom is -0.394 e. The lowest BCUT2D eigenvalue weighted by Gasteiger charge is -2.16. The van der Waals surface area contributed by atoms with Crippen LogP contribution in [0.15, 0.2) is 17.8 Å². The fourth-order valence-corrected chi connectivity index (χ4v) is 2.35. The van der Waals surface area contributed by atoms with Crippen LogP contribution in [0.5, 0.6) is 0 Å². The van der Waals surface area contributed by atoms with Gasteiger partial charge >= 0.3 is 23.5 Å². The molecule has 0 saturated carbocycles. The van der Waals surface area contributed by atoms with Crippen molar-refractivity contribution in [2.24, 2.45) is 5.11 Å². The summed E-state index contributed by atoms with van der Waals surface area (Å²) in [5.41, 5.74) is 15.1. The van der Waals surface area contributed by atoms with E-state index in [9.17, 15) is 10.2 Å². The van der Waals surface area contributed by atoms with Gasteiger partial charge in [0.25, 0.3) is 0 Å². The predicted molar refractivity (Wildman–Crippen MR) is 112 cm³/mol. The molecule has 0 aliphatic carbocycles. The second kappa shape index (κ2) is 14.0. The number of aliphatic hydroxyl groups is 2. The van der Waals surface area contributed by atoms with Crippen molar-refractivity contribution >= 4 is 40.4 Å². The minimum absolute atomic E-state index is 0.205. The molecule has 1 unspecified atom stereocenters. The highest BCUT2D eigenvalue weighted by molar-refractivity contribution is 7.45. The number of hydrogen-bond acceptors (Lipinski definition) is 11. The van der Waals surface area contributed by atoms with Crippen molar-refractivity contribution in [2.45, 2.75) is 24.5 Å². The van der Waals surface area contributed by atoms with Gasteiger partial charge in [0, 0.05) is 4.91 Å². The number of phosphoric acid groups is 3. The van der Waals surface area contributed by atoms with Crippen molar-refractivity contribution in [1.82, 2.24) is 19.5 Å². The van der Waals surface area contributed by atoms with Crippen molar-refractivity contribution < 1.29 is 72.7 Å². The predicted octanol–water partition coefficient (Wildman–Crippen LogP) is -3.45. The second-order valence-electron chi connectivity index (χ2n) is 6.06. The van der Waals surface area contributed by atoms with E-state index in [1.807, 2.05) is 0 Å². The molecule has 0 radical (unpaired) electrons. The summed E-state index contributed by atoms with van der Waals surface area (Å²) in [6.07, 6.45) is -0.151. The van der Waals surface area contributed by atoms with Crippen molar-refractivity contribution in [3.63, 3.8) is 0 Å². The fraction of sp³-hybridized carbons (Fsp3) is 0.500. The van der Waals surface area contributed by atoms with Crippen molar-refractivity contribution in [2.75, 3.05) is 12.3 Å². The summed E-state index contributed by atoms with van der Waals surface area (Å²) in [6.45, 7) is -0.404. The Balaban J connectivity index is 0.000000672. The molecule has 23 nitrogen and oxygen atoms in total. The van der Waals surface area contributed by atoms with Crippen LogP contribution in [0, 0.1) is 0 Å². The Morgan fingerprint density at radius 2 is 1.47 bits per heavy atom. The van der Waals surface area contributed by atoms with Gasteiger partial charge in [-0.15, -0.1) is 0 Å². The van der Waals surface area contributed by atoms with E-state index in [2.05, 4.69) is 25.0 Å². The lowest BCUT2D eigenvalue weighted by molar-refractivity contribution is -0.0437. The first-order valence-corrected chi connectivity index (χ1v) is 13.1. The Kier molecular flexibility index (Phi) is 13.2. The van der Waals surface area contributed by atoms with Crippen LogP contribution in [0.4, 0.5) is 5.82 Å². The van der Waals surface area contributed by atoms with Gasteiger partial charge in [0.1, 0.15) is 30.2 Å². The summed E-state index contributed by atoms with van der Waals surface area (Å²) in [4.78, 5) is 79.4. The monoisotopic (exact) mass is 586 g/mol. The Hall–Kier alpha value is -2.13. The number of aliphatic hydroxyl groups excluding tert-OH is 2. The Morgan fingerprint density at radius 1 is 1.00 bits per heavy atom. The summed E-state index contributed by atoms with van der Waals surface area (Å²) in [5.74, 6) is 0.205. The fourth-order valence-electron chi connectivity index (χ4n) is 2.35. The lowest BCUT2D eigenvalue weighted by Crippen LogP contribution is -2.31. The number of nitrogens with zero attached hydrogens (tertiary/aromatic N) is 7. The molecule has 0 bridgehead atoms. The van der Waals surface area contributed by atoms with E-state index >= 15 is 0 Å². The number of imidazole rings is 1. The topological polar surface area (TPSA) is 401 Å². The van der Waals surface area contributed by atoms with E-state index in [0.717, 1.165) is 0 Å². The van der Waals surface area contributed by atoms with E-state index in [0.29, 0.717) is 11.2 Å². The number of fused-ring (bicyclic) bond motifs is 1. The molecule has 3 heterocycles. The van der Waals surface area contributed by atoms with E-state index in [-0.39, 0.29) is 5.82 Å². The molecule has 1 saturated heterocycles. The normalized spacial score (nSPS) is 21.6. The molecule has 1 aliphatic rings. The zero-order valence-electron chi connectivity index (χ0n) is 17.3. The van der Waals surface area contributed by atoms with Crippen LogP contribution in [-0.2, 0) is 18.4 Å². The van der Waals surface area contributed by atoms with Gasteiger partial charge in [0.05, 0.1) is 19.0 Å². The number of ether oxygens (including phenoxy) is 1. The quantitative estimate of drug-likeness (QED) is 0.0719. The SMILES string of the molecule is O=P(O)(O)O.O=P(O)(O)O.O=P(O)(O)O.[N-]=[N+]=NC1[C@H](n2cnc3c(N)ncnc32)O[C@H](CO)[C@H]1O. The standard InChI is InChI=1S/C10H12N8O3.3H3O4P/c11-8-6-9(14-2-13-8)18(3-15-6)10-5(16-17-12)7(20)4(1-19)21-10;3*1-5(2,3)4/h2-5,7,10,19-20H,1H2,(H2,11,13,14);3*(H3,1,2,3,4)/t4-,5?,7-,10-;;;/m1.../s1. The molecule has 4 atom stereocenters. The van der Waals surface area contributed by atoms with Gasteiger partial charge in [0.2, 0.25) is 0 Å². The molecule has 206 valence electrons. The van der Waals surface area contributed by atoms with Crippen LogP contribution in [0.3, 0.4) is 0 Å². The summed E-state index contributed by atoms with van der Waals surface area (Å²) < 4.78 is 33.7. The van der Waals surface area contributed by atoms with Gasteiger partial charge in [-0.2, -0.15) is 0 Å². The van der Waals surface area contributed by atoms with Crippen molar-refractivity contribution in [3.05, 3.63) is 23.1 Å². The molecule has 0 aromatic carbocycles. The van der Waals surface area contributed by atoms with Crippen molar-refractivity contribution in [1.29, 1.82) is 0 Å². The molecular weight excluding hydrogens is 565 g/mol. The van der Waals surface area contributed by atoms with Gasteiger partial charge in [-0.1, -0.05) is 5.11 Å². The number of rotatable bonds is 3. The first-order chi connectivity index (χ1) is 16.2. The van der Waals surface area contributed by atoms with Crippen LogP contribution in [0.2, 0.25) is 0 Å². The molecule has 26 heteroatoms. The summed E-state index contributed by atoms with van der Waals surface area (Å²) in [5, 5.41) is 22.8. The van der Waals surface area contributed by atoms with Crippen LogP contribution in [0.1, 0.15) is 6.23 Å². The third-order valence-corrected chi connectivity index (χ3v) is 3.36. The van der Waals surface area contributed by atoms with Crippen LogP contribution in [0.25, 0.3) is 21.6 Å². The maximum Gasteiger partial charge on any atom is 0.466 e. The highest BCUT2D eigenvalue weighted by atomic mass is 31.2. The molecule has 0 amide bonds. The molecule has 0 spiro atoms. The van der Waals surface area contributed by atoms with E-state index in [1.54, 1.807) is 0 Å². The van der Waals surface area contributed by atoms with Gasteiger partial charge in [-0.3, -0.25) is 4.57 Å². The third kappa shape index (κ3) is 14.4. The summed E-state index contributed by atoms with van der Waals surface area (Å²) >= 11 is 0. The van der Waals surface area contributed by atoms with Crippen LogP contribution in [-0.4, -0.2) is 98.6 Å². The van der Waals surface area contributed by atoms with Gasteiger partial charge in [-0.05, 0) is 5.53 Å². The Bertz CT molecular complexity index is 1100. The molecule has 36 heavy (non-hydrogen) atoms. The van der Waals surface area contributed by atoms with Crippen LogP contribution < -0.4 is 5.73 Å². The largest absolute Gasteiger partial charge is 0.466 e. The highest BCUT2D eigenvalue weighted by Crippen LogP contribution is 2.34. The van der Waals surface area contributed by atoms with E-state index in [1.165, 1.54) is 17.2 Å². The molecule has 1 aliphatic heterocycles. The number of azide groups is 1. The van der Waals surface area contributed by atoms with E-state index < -0.39 is 54.6 Å². The lowest BCUT2D eigenvalue weighted by atomic mass is 10.1. The zero-order chi connectivity index (χ0) is 28.5.